The van der Waals surface area contributed by atoms with Crippen LogP contribution in [0.4, 0.5) is 5.69 Å². The Bertz CT molecular complexity index is 1150. The fraction of sp³-hybridized carbons (Fsp3) is 0.0476. The van der Waals surface area contributed by atoms with Gasteiger partial charge >= 0.3 is 0 Å². The molecule has 0 saturated carbocycles. The van der Waals surface area contributed by atoms with Crippen LogP contribution in [-0.4, -0.2) is 27.1 Å². The molecule has 0 spiro atoms. The summed E-state index contributed by atoms with van der Waals surface area (Å²) in [5.41, 5.74) is 3.33. The summed E-state index contributed by atoms with van der Waals surface area (Å²) in [6.07, 6.45) is 1.43. The molecule has 3 aromatic rings. The molecule has 0 heterocycles. The normalized spacial score (nSPS) is 11.4. The number of anilines is 1. The van der Waals surface area contributed by atoms with E-state index in [1.165, 1.54) is 24.4 Å². The van der Waals surface area contributed by atoms with Crippen molar-refractivity contribution in [3.63, 3.8) is 0 Å². The maximum atomic E-state index is 13.2. The second kappa shape index (κ2) is 9.75. The zero-order chi connectivity index (χ0) is 21.6. The number of hydrazone groups is 1. The summed E-state index contributed by atoms with van der Waals surface area (Å²) < 4.78 is 27.3. The number of nitrogens with one attached hydrogen (secondary N) is 1. The minimum absolute atomic E-state index is 0.0578. The minimum Gasteiger partial charge on any atom is -0.271 e. The first-order chi connectivity index (χ1) is 14.4. The maximum absolute atomic E-state index is 13.2. The van der Waals surface area contributed by atoms with E-state index in [2.05, 4.69) is 10.5 Å². The first-order valence-corrected chi connectivity index (χ1v) is 11.0. The van der Waals surface area contributed by atoms with Crippen LogP contribution in [0, 0.1) is 0 Å². The second-order valence-electron chi connectivity index (χ2n) is 6.15. The van der Waals surface area contributed by atoms with Gasteiger partial charge in [-0.3, -0.25) is 9.10 Å². The molecule has 0 saturated heterocycles. The number of nitrogens with zero attached hydrogens (tertiary/aromatic N) is 2. The maximum Gasteiger partial charge on any atom is 0.264 e. The Morgan fingerprint density at radius 1 is 0.933 bits per heavy atom. The zero-order valence-corrected chi connectivity index (χ0v) is 17.9. The summed E-state index contributed by atoms with van der Waals surface area (Å²) in [5, 5.41) is 4.81. The first-order valence-electron chi connectivity index (χ1n) is 8.77. The van der Waals surface area contributed by atoms with Crippen LogP contribution in [0.1, 0.15) is 5.56 Å². The lowest BCUT2D eigenvalue weighted by Gasteiger charge is -2.23. The lowest BCUT2D eigenvalue weighted by atomic mass is 10.2. The minimum atomic E-state index is -4.00. The molecular weight excluding hydrogens is 445 g/mol. The molecule has 6 nitrogen and oxygen atoms in total. The highest BCUT2D eigenvalue weighted by atomic mass is 35.5. The highest BCUT2D eigenvalue weighted by Gasteiger charge is 2.27. The van der Waals surface area contributed by atoms with Gasteiger partial charge in [0.15, 0.2) is 0 Å². The third-order valence-electron chi connectivity index (χ3n) is 3.99. The van der Waals surface area contributed by atoms with Crippen molar-refractivity contribution in [1.82, 2.24) is 5.43 Å². The number of amides is 1. The van der Waals surface area contributed by atoms with E-state index in [1.54, 1.807) is 60.7 Å². The Kier molecular flexibility index (Phi) is 7.10. The number of carbonyl (C=O) groups excluding carboxylic acids is 1. The molecule has 0 radical (unpaired) electrons. The quantitative estimate of drug-likeness (QED) is 0.419. The Balaban J connectivity index is 1.82. The van der Waals surface area contributed by atoms with Gasteiger partial charge in [-0.05, 0) is 48.0 Å². The predicted octanol–water partition coefficient (Wildman–Crippen LogP) is 4.34. The molecule has 0 aliphatic carbocycles. The van der Waals surface area contributed by atoms with Crippen LogP contribution in [0.3, 0.4) is 0 Å². The van der Waals surface area contributed by atoms with Crippen LogP contribution in [0.2, 0.25) is 10.0 Å². The highest BCUT2D eigenvalue weighted by Crippen LogP contribution is 2.25. The average molecular weight is 462 g/mol. The number of sulfonamides is 1. The van der Waals surface area contributed by atoms with Crippen molar-refractivity contribution in [2.45, 2.75) is 4.90 Å². The van der Waals surface area contributed by atoms with Gasteiger partial charge in [0.1, 0.15) is 6.54 Å². The van der Waals surface area contributed by atoms with E-state index < -0.39 is 22.5 Å². The molecule has 9 heteroatoms. The van der Waals surface area contributed by atoms with Gasteiger partial charge in [-0.25, -0.2) is 13.8 Å². The summed E-state index contributed by atoms with van der Waals surface area (Å²) in [4.78, 5) is 12.5. The fourth-order valence-corrected chi connectivity index (χ4v) is 4.30. The lowest BCUT2D eigenvalue weighted by molar-refractivity contribution is -0.119. The van der Waals surface area contributed by atoms with Crippen molar-refractivity contribution in [2.75, 3.05) is 10.8 Å². The van der Waals surface area contributed by atoms with E-state index in [0.29, 0.717) is 10.0 Å². The zero-order valence-electron chi connectivity index (χ0n) is 15.6. The predicted molar refractivity (Wildman–Crippen MR) is 120 cm³/mol. The lowest BCUT2D eigenvalue weighted by Crippen LogP contribution is -2.39. The van der Waals surface area contributed by atoms with Gasteiger partial charge in [-0.1, -0.05) is 59.6 Å². The Hall–Kier alpha value is -2.87. The highest BCUT2D eigenvalue weighted by molar-refractivity contribution is 7.92. The average Bonchev–Trinajstić information content (AvgIpc) is 2.74. The number of benzene rings is 3. The Morgan fingerprint density at radius 2 is 1.63 bits per heavy atom. The number of rotatable bonds is 7. The molecule has 0 unspecified atom stereocenters. The van der Waals surface area contributed by atoms with Crippen molar-refractivity contribution in [3.05, 3.63) is 94.5 Å². The molecule has 1 amide bonds. The molecular formula is C21H17Cl2N3O3S. The second-order valence-corrected chi connectivity index (χ2v) is 8.88. The van der Waals surface area contributed by atoms with Gasteiger partial charge in [-0.2, -0.15) is 5.10 Å². The van der Waals surface area contributed by atoms with Crippen molar-refractivity contribution in [2.24, 2.45) is 5.10 Å². The molecule has 30 heavy (non-hydrogen) atoms. The van der Waals surface area contributed by atoms with E-state index in [4.69, 9.17) is 23.2 Å². The molecule has 0 aliphatic rings. The number of halogens is 2. The molecule has 3 rings (SSSR count). The van der Waals surface area contributed by atoms with E-state index in [0.717, 1.165) is 9.87 Å². The summed E-state index contributed by atoms with van der Waals surface area (Å²) in [5.74, 6) is -0.611. The molecule has 1 N–H and O–H groups in total. The van der Waals surface area contributed by atoms with Crippen molar-refractivity contribution >= 4 is 51.0 Å². The van der Waals surface area contributed by atoms with E-state index >= 15 is 0 Å². The van der Waals surface area contributed by atoms with Crippen LogP contribution in [0.15, 0.2) is 88.9 Å². The van der Waals surface area contributed by atoms with Gasteiger partial charge in [0.05, 0.1) is 16.8 Å². The first kappa shape index (κ1) is 21.8. The molecule has 0 bridgehead atoms. The molecule has 0 fully saturated rings. The molecule has 0 aliphatic heterocycles. The largest absolute Gasteiger partial charge is 0.271 e. The molecule has 154 valence electrons. The van der Waals surface area contributed by atoms with Crippen LogP contribution < -0.4 is 9.73 Å². The van der Waals surface area contributed by atoms with E-state index in [-0.39, 0.29) is 10.6 Å². The summed E-state index contributed by atoms with van der Waals surface area (Å²) in [7, 11) is -4.00. The third kappa shape index (κ3) is 5.60. The van der Waals surface area contributed by atoms with Crippen molar-refractivity contribution in [1.29, 1.82) is 0 Å². The van der Waals surface area contributed by atoms with Gasteiger partial charge in [0.2, 0.25) is 0 Å². The fourth-order valence-electron chi connectivity index (χ4n) is 2.56. The van der Waals surface area contributed by atoms with E-state index in [9.17, 15) is 13.2 Å². The number of hydrogen-bond acceptors (Lipinski definition) is 4. The van der Waals surface area contributed by atoms with Crippen LogP contribution in [-0.2, 0) is 14.8 Å². The summed E-state index contributed by atoms with van der Waals surface area (Å²) in [6, 6.07) is 21.0. The standard InChI is InChI=1S/C21H17Cl2N3O3S/c22-17-11-9-16(10-12-17)14-24-25-21(27)15-26(19-6-4-5-18(23)13-19)30(28,29)20-7-2-1-3-8-20/h1-14H,15H2,(H,25,27)/b24-14-. The van der Waals surface area contributed by atoms with Crippen molar-refractivity contribution < 1.29 is 13.2 Å². The van der Waals surface area contributed by atoms with Crippen LogP contribution in [0.5, 0.6) is 0 Å². The van der Waals surface area contributed by atoms with Gasteiger partial charge in [0.25, 0.3) is 15.9 Å². The van der Waals surface area contributed by atoms with Crippen LogP contribution >= 0.6 is 23.2 Å². The van der Waals surface area contributed by atoms with Crippen molar-refractivity contribution in [3.8, 4) is 0 Å². The number of carbonyl (C=O) groups is 1. The smallest absolute Gasteiger partial charge is 0.264 e. The van der Waals surface area contributed by atoms with Gasteiger partial charge in [0, 0.05) is 10.0 Å². The Morgan fingerprint density at radius 3 is 2.30 bits per heavy atom. The SMILES string of the molecule is O=C(CN(c1cccc(Cl)c1)S(=O)(=O)c1ccccc1)N/N=C\c1ccc(Cl)cc1. The molecule has 0 atom stereocenters. The molecule has 0 aromatic heterocycles. The summed E-state index contributed by atoms with van der Waals surface area (Å²) in [6.45, 7) is -0.477. The van der Waals surface area contributed by atoms with E-state index in [1.807, 2.05) is 0 Å². The monoisotopic (exact) mass is 461 g/mol. The number of hydrogen-bond donors (Lipinski definition) is 1. The van der Waals surface area contributed by atoms with Gasteiger partial charge < -0.3 is 0 Å². The summed E-state index contributed by atoms with van der Waals surface area (Å²) >= 11 is 11.9. The third-order valence-corrected chi connectivity index (χ3v) is 6.26. The van der Waals surface area contributed by atoms with Crippen LogP contribution in [0.25, 0.3) is 0 Å². The Labute approximate surface area is 184 Å². The van der Waals surface area contributed by atoms with Gasteiger partial charge in [-0.15, -0.1) is 0 Å². The topological polar surface area (TPSA) is 78.8 Å². The molecule has 3 aromatic carbocycles.